The molecule has 1 aliphatic rings. The van der Waals surface area contributed by atoms with Crippen LogP contribution in [0.1, 0.15) is 12.8 Å². The van der Waals surface area contributed by atoms with E-state index in [0.717, 1.165) is 18.2 Å². The number of alkyl halides is 2. The molecule has 2 N–H and O–H groups in total. The second kappa shape index (κ2) is 7.46. The van der Waals surface area contributed by atoms with E-state index in [1.807, 2.05) is 0 Å². The zero-order chi connectivity index (χ0) is 21.5. The number of hydrogen-bond acceptors (Lipinski definition) is 7. The quantitative estimate of drug-likeness (QED) is 0.471. The molecule has 0 atom stereocenters. The number of anilines is 2. The third-order valence-electron chi connectivity index (χ3n) is 5.02. The number of fused-ring (bicyclic) bond motifs is 2. The van der Waals surface area contributed by atoms with Gasteiger partial charge in [-0.2, -0.15) is 8.78 Å². The summed E-state index contributed by atoms with van der Waals surface area (Å²) in [5.74, 6) is 1.27. The van der Waals surface area contributed by atoms with Gasteiger partial charge < -0.3 is 19.8 Å². The van der Waals surface area contributed by atoms with Crippen LogP contribution in [0.2, 0.25) is 0 Å². The Kier molecular flexibility index (Phi) is 4.61. The van der Waals surface area contributed by atoms with Gasteiger partial charge in [-0.25, -0.2) is 15.0 Å². The number of oxazole rings is 1. The van der Waals surface area contributed by atoms with Crippen molar-refractivity contribution in [1.29, 1.82) is 0 Å². The number of carbonyl (C=O) groups excluding carboxylic acids is 1. The topological polar surface area (TPSA) is 102 Å². The molecule has 1 saturated carbocycles. The predicted molar refractivity (Wildman–Crippen MR) is 110 cm³/mol. The zero-order valence-corrected chi connectivity index (χ0v) is 16.4. The van der Waals surface area contributed by atoms with Crippen LogP contribution in [0.5, 0.6) is 5.75 Å². The van der Waals surface area contributed by atoms with Crippen LogP contribution in [0.25, 0.3) is 33.3 Å². The molecule has 1 aromatic carbocycles. The molecule has 158 valence electrons. The molecule has 10 heteroatoms. The van der Waals surface area contributed by atoms with Crippen LogP contribution >= 0.6 is 0 Å². The number of benzene rings is 1. The Morgan fingerprint density at radius 3 is 2.77 bits per heavy atom. The van der Waals surface area contributed by atoms with Crippen molar-refractivity contribution in [2.24, 2.45) is 5.92 Å². The maximum Gasteiger partial charge on any atom is 0.387 e. The first-order chi connectivity index (χ1) is 15.0. The molecule has 4 aromatic rings. The Bertz CT molecular complexity index is 1300. The van der Waals surface area contributed by atoms with Crippen molar-refractivity contribution in [3.05, 3.63) is 36.7 Å². The lowest BCUT2D eigenvalue weighted by atomic mass is 10.1. The number of pyridine rings is 2. The van der Waals surface area contributed by atoms with Crippen LogP contribution < -0.4 is 15.4 Å². The summed E-state index contributed by atoms with van der Waals surface area (Å²) in [6.45, 7) is -2.93. The number of halogens is 2. The molecule has 0 spiro atoms. The van der Waals surface area contributed by atoms with Crippen molar-refractivity contribution in [3.63, 3.8) is 0 Å². The molecule has 5 rings (SSSR count). The van der Waals surface area contributed by atoms with Gasteiger partial charge in [0.2, 0.25) is 11.8 Å². The normalized spacial score (nSPS) is 13.7. The Hall–Kier alpha value is -3.82. The predicted octanol–water partition coefficient (Wildman–Crippen LogP) is 4.43. The van der Waals surface area contributed by atoms with Crippen molar-refractivity contribution in [3.8, 4) is 17.2 Å². The Morgan fingerprint density at radius 1 is 1.19 bits per heavy atom. The SMILES string of the molecule is CNc1ncc(-c2nc3cc(OC(F)F)ccc3o2)c2cc(NC(=O)C3CC3)ncc12. The van der Waals surface area contributed by atoms with Gasteiger partial charge in [-0.3, -0.25) is 4.79 Å². The first-order valence-electron chi connectivity index (χ1n) is 9.65. The number of nitrogens with one attached hydrogen (secondary N) is 2. The second-order valence-corrected chi connectivity index (χ2v) is 7.18. The molecule has 0 radical (unpaired) electrons. The standard InChI is InChI=1S/C21H17F2N5O3/c1-24-18-13-8-25-17(28-19(29)10-2-3-10)7-12(13)14(9-26-18)20-27-15-6-11(30-21(22)23)4-5-16(15)31-20/h4-10,21H,2-3H2,1H3,(H,24,26)(H,25,28,29). The van der Waals surface area contributed by atoms with Crippen molar-refractivity contribution in [2.45, 2.75) is 19.5 Å². The van der Waals surface area contributed by atoms with Gasteiger partial charge in [0, 0.05) is 42.2 Å². The summed E-state index contributed by atoms with van der Waals surface area (Å²) < 4.78 is 35.3. The number of carbonyl (C=O) groups is 1. The van der Waals surface area contributed by atoms with E-state index in [1.165, 1.54) is 18.2 Å². The van der Waals surface area contributed by atoms with Gasteiger partial charge in [0.25, 0.3) is 0 Å². The molecular formula is C21H17F2N5O3. The molecule has 3 heterocycles. The highest BCUT2D eigenvalue weighted by atomic mass is 19.3. The molecule has 0 unspecified atom stereocenters. The lowest BCUT2D eigenvalue weighted by molar-refractivity contribution is -0.117. The van der Waals surface area contributed by atoms with Gasteiger partial charge in [-0.15, -0.1) is 0 Å². The minimum Gasteiger partial charge on any atom is -0.436 e. The summed E-state index contributed by atoms with van der Waals surface area (Å²) in [5, 5.41) is 7.28. The number of ether oxygens (including phenoxy) is 1. The van der Waals surface area contributed by atoms with Crippen LogP contribution in [0, 0.1) is 5.92 Å². The van der Waals surface area contributed by atoms with E-state index in [0.29, 0.717) is 33.7 Å². The largest absolute Gasteiger partial charge is 0.436 e. The first kappa shape index (κ1) is 19.2. The fourth-order valence-corrected chi connectivity index (χ4v) is 3.35. The number of aromatic nitrogens is 3. The zero-order valence-electron chi connectivity index (χ0n) is 16.4. The summed E-state index contributed by atoms with van der Waals surface area (Å²) in [7, 11) is 1.74. The smallest absolute Gasteiger partial charge is 0.387 e. The summed E-state index contributed by atoms with van der Waals surface area (Å²) in [6.07, 6.45) is 5.00. The highest BCUT2D eigenvalue weighted by molar-refractivity contribution is 6.03. The van der Waals surface area contributed by atoms with Gasteiger partial charge >= 0.3 is 6.61 Å². The van der Waals surface area contributed by atoms with E-state index >= 15 is 0 Å². The molecule has 1 fully saturated rings. The molecule has 31 heavy (non-hydrogen) atoms. The number of rotatable bonds is 6. The molecule has 0 aliphatic heterocycles. The minimum atomic E-state index is -2.93. The van der Waals surface area contributed by atoms with Crippen LogP contribution in [-0.2, 0) is 4.79 Å². The van der Waals surface area contributed by atoms with Gasteiger partial charge in [0.05, 0.1) is 5.56 Å². The number of hydrogen-bond donors (Lipinski definition) is 2. The van der Waals surface area contributed by atoms with Crippen LogP contribution in [0.15, 0.2) is 41.1 Å². The lowest BCUT2D eigenvalue weighted by Crippen LogP contribution is -2.14. The minimum absolute atomic E-state index is 0.00913. The van der Waals surface area contributed by atoms with Gasteiger partial charge in [-0.1, -0.05) is 0 Å². The monoisotopic (exact) mass is 425 g/mol. The van der Waals surface area contributed by atoms with Crippen molar-refractivity contribution in [2.75, 3.05) is 17.7 Å². The second-order valence-electron chi connectivity index (χ2n) is 7.18. The first-order valence-corrected chi connectivity index (χ1v) is 9.65. The highest BCUT2D eigenvalue weighted by Crippen LogP contribution is 2.35. The number of nitrogens with zero attached hydrogens (tertiary/aromatic N) is 3. The Morgan fingerprint density at radius 2 is 2.03 bits per heavy atom. The van der Waals surface area contributed by atoms with Crippen molar-refractivity contribution < 1.29 is 22.7 Å². The fourth-order valence-electron chi connectivity index (χ4n) is 3.35. The number of amides is 1. The highest BCUT2D eigenvalue weighted by Gasteiger charge is 2.30. The molecule has 0 bridgehead atoms. The molecule has 8 nitrogen and oxygen atoms in total. The van der Waals surface area contributed by atoms with E-state index < -0.39 is 6.61 Å². The Labute approximate surface area is 174 Å². The van der Waals surface area contributed by atoms with E-state index in [9.17, 15) is 13.6 Å². The molecule has 0 saturated heterocycles. The van der Waals surface area contributed by atoms with Gasteiger partial charge in [0.1, 0.15) is 22.9 Å². The van der Waals surface area contributed by atoms with E-state index in [-0.39, 0.29) is 23.5 Å². The van der Waals surface area contributed by atoms with Gasteiger partial charge in [0.15, 0.2) is 5.58 Å². The van der Waals surface area contributed by atoms with E-state index in [2.05, 4.69) is 30.3 Å². The summed E-state index contributed by atoms with van der Waals surface area (Å²) in [5.41, 5.74) is 1.36. The van der Waals surface area contributed by atoms with Crippen LogP contribution in [-0.4, -0.2) is 34.5 Å². The molecule has 1 aliphatic carbocycles. The van der Waals surface area contributed by atoms with Crippen molar-refractivity contribution >= 4 is 39.4 Å². The third-order valence-corrected chi connectivity index (χ3v) is 5.02. The fraction of sp³-hybridized carbons (Fsp3) is 0.238. The lowest BCUT2D eigenvalue weighted by Gasteiger charge is -2.10. The maximum absolute atomic E-state index is 12.5. The van der Waals surface area contributed by atoms with Gasteiger partial charge in [-0.05, 0) is 31.0 Å². The average Bonchev–Trinajstić information content (AvgIpc) is 3.52. The molecule has 1 amide bonds. The average molecular weight is 425 g/mol. The van der Waals surface area contributed by atoms with E-state index in [4.69, 9.17) is 4.42 Å². The summed E-state index contributed by atoms with van der Waals surface area (Å²) in [4.78, 5) is 25.3. The third kappa shape index (κ3) is 3.72. The summed E-state index contributed by atoms with van der Waals surface area (Å²) >= 11 is 0. The maximum atomic E-state index is 12.5. The summed E-state index contributed by atoms with van der Waals surface area (Å²) in [6, 6.07) is 6.03. The molecule has 3 aromatic heterocycles. The van der Waals surface area contributed by atoms with Crippen LogP contribution in [0.3, 0.4) is 0 Å². The van der Waals surface area contributed by atoms with Crippen LogP contribution in [0.4, 0.5) is 20.4 Å². The van der Waals surface area contributed by atoms with Crippen molar-refractivity contribution in [1.82, 2.24) is 15.0 Å². The molecular weight excluding hydrogens is 408 g/mol. The Balaban J connectivity index is 1.59. The van der Waals surface area contributed by atoms with E-state index in [1.54, 1.807) is 25.5 Å².